The molecule has 1 aliphatic rings. The molecule has 1 N–H and O–H groups in total. The monoisotopic (exact) mass is 445 g/mol. The van der Waals surface area contributed by atoms with Crippen LogP contribution in [-0.2, 0) is 4.79 Å². The Bertz CT molecular complexity index is 1080. The lowest BCUT2D eigenvalue weighted by molar-refractivity contribution is -0.385. The average Bonchev–Trinajstić information content (AvgIpc) is 3.47. The number of carbonyl (C=O) groups excluding carboxylic acids is 1. The minimum atomic E-state index is -0.412. The molecule has 30 heavy (non-hydrogen) atoms. The third-order valence-electron chi connectivity index (χ3n) is 4.92. The molecule has 1 amide bonds. The van der Waals surface area contributed by atoms with E-state index in [2.05, 4.69) is 25.8 Å². The van der Waals surface area contributed by atoms with Crippen LogP contribution in [0.15, 0.2) is 28.7 Å². The van der Waals surface area contributed by atoms with Crippen LogP contribution in [0.1, 0.15) is 37.3 Å². The molecular weight excluding hydrogens is 426 g/mol. The van der Waals surface area contributed by atoms with Gasteiger partial charge in [0.2, 0.25) is 11.1 Å². The number of thiazole rings is 1. The van der Waals surface area contributed by atoms with Crippen molar-refractivity contribution in [2.75, 3.05) is 11.1 Å². The number of nitro groups is 1. The number of rotatable bonds is 7. The number of hydrogen-bond donors (Lipinski definition) is 1. The molecule has 0 aliphatic heterocycles. The maximum absolute atomic E-state index is 12.3. The summed E-state index contributed by atoms with van der Waals surface area (Å²) in [5.74, 6) is -0.0466. The Balaban J connectivity index is 1.37. The van der Waals surface area contributed by atoms with Crippen LogP contribution in [0.2, 0.25) is 0 Å². The molecule has 0 unspecified atom stereocenters. The van der Waals surface area contributed by atoms with Gasteiger partial charge in [0.1, 0.15) is 0 Å². The van der Waals surface area contributed by atoms with Gasteiger partial charge in [-0.1, -0.05) is 36.7 Å². The van der Waals surface area contributed by atoms with E-state index >= 15 is 0 Å². The highest BCUT2D eigenvalue weighted by molar-refractivity contribution is 7.99. The average molecular weight is 446 g/mol. The quantitative estimate of drug-likeness (QED) is 0.330. The molecule has 2 aromatic heterocycles. The zero-order chi connectivity index (χ0) is 21.1. The molecule has 12 heteroatoms. The van der Waals surface area contributed by atoms with Crippen molar-refractivity contribution in [3.63, 3.8) is 0 Å². The van der Waals surface area contributed by atoms with Crippen LogP contribution < -0.4 is 5.32 Å². The number of anilines is 1. The number of thioether (sulfide) groups is 1. The summed E-state index contributed by atoms with van der Waals surface area (Å²) in [5.41, 5.74) is 1.84. The van der Waals surface area contributed by atoms with Gasteiger partial charge in [0, 0.05) is 22.6 Å². The second-order valence-corrected chi connectivity index (χ2v) is 8.78. The fourth-order valence-corrected chi connectivity index (χ4v) is 4.85. The van der Waals surface area contributed by atoms with Crippen LogP contribution in [0.4, 0.5) is 10.8 Å². The summed E-state index contributed by atoms with van der Waals surface area (Å²) >= 11 is 2.56. The molecule has 1 saturated carbocycles. The van der Waals surface area contributed by atoms with Crippen molar-refractivity contribution >= 4 is 39.8 Å². The normalized spacial score (nSPS) is 14.2. The smallest absolute Gasteiger partial charge is 0.272 e. The summed E-state index contributed by atoms with van der Waals surface area (Å²) in [5, 5.41) is 28.6. The fourth-order valence-electron chi connectivity index (χ4n) is 3.37. The molecule has 1 aromatic carbocycles. The van der Waals surface area contributed by atoms with E-state index in [0.29, 0.717) is 33.2 Å². The molecule has 0 saturated heterocycles. The molecule has 2 heterocycles. The minimum Gasteiger partial charge on any atom is -0.301 e. The molecule has 0 spiro atoms. The number of benzene rings is 1. The van der Waals surface area contributed by atoms with Crippen LogP contribution in [0.25, 0.3) is 11.3 Å². The Morgan fingerprint density at radius 2 is 2.20 bits per heavy atom. The van der Waals surface area contributed by atoms with Gasteiger partial charge >= 0.3 is 0 Å². The number of nitro benzene ring substituents is 1. The molecule has 0 atom stereocenters. The maximum atomic E-state index is 12.3. The van der Waals surface area contributed by atoms with Gasteiger partial charge in [-0.2, -0.15) is 0 Å². The third-order valence-corrected chi connectivity index (χ3v) is 6.61. The predicted molar refractivity (Wildman–Crippen MR) is 114 cm³/mol. The van der Waals surface area contributed by atoms with Crippen molar-refractivity contribution in [3.8, 4) is 11.3 Å². The number of hydrogen-bond acceptors (Lipinski definition) is 9. The lowest BCUT2D eigenvalue weighted by atomic mass is 10.1. The Morgan fingerprint density at radius 1 is 1.40 bits per heavy atom. The first-order valence-electron chi connectivity index (χ1n) is 9.42. The third kappa shape index (κ3) is 4.49. The molecule has 3 aromatic rings. The fraction of sp³-hybridized carbons (Fsp3) is 0.389. The van der Waals surface area contributed by atoms with E-state index in [9.17, 15) is 14.9 Å². The van der Waals surface area contributed by atoms with Gasteiger partial charge in [-0.3, -0.25) is 14.9 Å². The van der Waals surface area contributed by atoms with Gasteiger partial charge in [0.15, 0.2) is 5.13 Å². The Hall–Kier alpha value is -2.86. The lowest BCUT2D eigenvalue weighted by Gasteiger charge is -2.10. The minimum absolute atomic E-state index is 0.0440. The summed E-state index contributed by atoms with van der Waals surface area (Å²) in [4.78, 5) is 27.5. The highest BCUT2D eigenvalue weighted by Crippen LogP contribution is 2.32. The molecule has 1 fully saturated rings. The first-order chi connectivity index (χ1) is 14.5. The summed E-state index contributed by atoms with van der Waals surface area (Å²) in [7, 11) is 0. The van der Waals surface area contributed by atoms with Crippen molar-refractivity contribution in [2.24, 2.45) is 0 Å². The number of tetrazole rings is 1. The number of aryl methyl sites for hydroxylation is 1. The molecule has 1 aliphatic carbocycles. The van der Waals surface area contributed by atoms with Crippen LogP contribution in [0.3, 0.4) is 0 Å². The largest absolute Gasteiger partial charge is 0.301 e. The van der Waals surface area contributed by atoms with Crippen molar-refractivity contribution < 1.29 is 9.72 Å². The molecule has 156 valence electrons. The predicted octanol–water partition coefficient (Wildman–Crippen LogP) is 3.86. The van der Waals surface area contributed by atoms with E-state index in [0.717, 1.165) is 12.8 Å². The molecule has 0 radical (unpaired) electrons. The zero-order valence-corrected chi connectivity index (χ0v) is 17.8. The van der Waals surface area contributed by atoms with E-state index < -0.39 is 4.92 Å². The van der Waals surface area contributed by atoms with Gasteiger partial charge < -0.3 is 5.32 Å². The molecule has 4 rings (SSSR count). The number of amides is 1. The summed E-state index contributed by atoms with van der Waals surface area (Å²) in [6, 6.07) is 5.28. The Kier molecular flexibility index (Phi) is 6.04. The van der Waals surface area contributed by atoms with Gasteiger partial charge in [0.05, 0.1) is 22.4 Å². The van der Waals surface area contributed by atoms with Crippen molar-refractivity contribution in [1.82, 2.24) is 25.2 Å². The van der Waals surface area contributed by atoms with Crippen LogP contribution >= 0.6 is 23.1 Å². The number of aromatic nitrogens is 5. The standard InChI is InChI=1S/C18H19N7O3S2/c1-11-6-7-12(8-15(11)25(27)28)14-9-29-17(19-14)20-16(26)10-30-18-21-22-23-24(18)13-4-2-3-5-13/h6-9,13H,2-5,10H2,1H3,(H,19,20,26). The van der Waals surface area contributed by atoms with Crippen molar-refractivity contribution in [3.05, 3.63) is 39.3 Å². The van der Waals surface area contributed by atoms with Gasteiger partial charge in [0.25, 0.3) is 5.69 Å². The van der Waals surface area contributed by atoms with Crippen LogP contribution in [-0.4, -0.2) is 41.8 Å². The molecule has 10 nitrogen and oxygen atoms in total. The van der Waals surface area contributed by atoms with Gasteiger partial charge in [-0.15, -0.1) is 16.4 Å². The zero-order valence-electron chi connectivity index (χ0n) is 16.1. The van der Waals surface area contributed by atoms with Gasteiger partial charge in [-0.05, 0) is 30.2 Å². The molecule has 0 bridgehead atoms. The lowest BCUT2D eigenvalue weighted by Crippen LogP contribution is -2.15. The number of carbonyl (C=O) groups is 1. The topological polar surface area (TPSA) is 129 Å². The summed E-state index contributed by atoms with van der Waals surface area (Å²) in [6.07, 6.45) is 4.46. The Morgan fingerprint density at radius 3 is 2.97 bits per heavy atom. The number of nitrogens with one attached hydrogen (secondary N) is 1. The first-order valence-corrected chi connectivity index (χ1v) is 11.3. The van der Waals surface area contributed by atoms with E-state index in [1.807, 2.05) is 4.68 Å². The van der Waals surface area contributed by atoms with Crippen molar-refractivity contribution in [1.29, 1.82) is 0 Å². The Labute approximate surface area is 180 Å². The van der Waals surface area contributed by atoms with E-state index in [-0.39, 0.29) is 17.3 Å². The SMILES string of the molecule is Cc1ccc(-c2csc(NC(=O)CSc3nnnn3C3CCCC3)n2)cc1[N+](=O)[O-]. The van der Waals surface area contributed by atoms with Crippen LogP contribution in [0.5, 0.6) is 0 Å². The van der Waals surface area contributed by atoms with E-state index in [1.54, 1.807) is 24.4 Å². The second-order valence-electron chi connectivity index (χ2n) is 6.98. The molecular formula is C18H19N7O3S2. The first kappa shape index (κ1) is 20.4. The van der Waals surface area contributed by atoms with Crippen LogP contribution in [0, 0.1) is 17.0 Å². The highest BCUT2D eigenvalue weighted by atomic mass is 32.2. The van der Waals surface area contributed by atoms with E-state index in [1.165, 1.54) is 42.0 Å². The highest BCUT2D eigenvalue weighted by Gasteiger charge is 2.22. The summed E-state index contributed by atoms with van der Waals surface area (Å²) in [6.45, 7) is 1.69. The van der Waals surface area contributed by atoms with Gasteiger partial charge in [-0.25, -0.2) is 9.67 Å². The maximum Gasteiger partial charge on any atom is 0.272 e. The summed E-state index contributed by atoms with van der Waals surface area (Å²) < 4.78 is 1.82. The number of nitrogens with zero attached hydrogens (tertiary/aromatic N) is 6. The van der Waals surface area contributed by atoms with E-state index in [4.69, 9.17) is 0 Å². The second kappa shape index (κ2) is 8.88. The van der Waals surface area contributed by atoms with Crippen molar-refractivity contribution in [2.45, 2.75) is 43.8 Å².